The van der Waals surface area contributed by atoms with Crippen LogP contribution in [0.5, 0.6) is 5.75 Å². The number of amides is 1. The molecule has 22 heavy (non-hydrogen) atoms. The maximum Gasteiger partial charge on any atom is 0.311 e. The summed E-state index contributed by atoms with van der Waals surface area (Å²) in [6.45, 7) is 4.10. The molecule has 1 amide bonds. The molecule has 0 aliphatic carbocycles. The number of nitro groups is 1. The van der Waals surface area contributed by atoms with Crippen molar-refractivity contribution < 1.29 is 14.5 Å². The molecule has 6 heteroatoms. The quantitative estimate of drug-likeness (QED) is 0.428. The molecule has 0 spiro atoms. The van der Waals surface area contributed by atoms with E-state index >= 15 is 0 Å². The highest BCUT2D eigenvalue weighted by molar-refractivity contribution is 5.95. The average molecular weight is 308 g/mol. The minimum absolute atomic E-state index is 0.0468. The van der Waals surface area contributed by atoms with Gasteiger partial charge in [-0.15, -0.1) is 0 Å². The third-order valence-electron chi connectivity index (χ3n) is 3.51. The van der Waals surface area contributed by atoms with E-state index in [1.54, 1.807) is 0 Å². The summed E-state index contributed by atoms with van der Waals surface area (Å²) < 4.78 is 4.93. The van der Waals surface area contributed by atoms with Gasteiger partial charge in [0.15, 0.2) is 5.75 Å². The fourth-order valence-electron chi connectivity index (χ4n) is 2.23. The van der Waals surface area contributed by atoms with E-state index < -0.39 is 4.92 Å². The molecular formula is C16H24N2O4. The number of nitrogens with zero attached hydrogens (tertiary/aromatic N) is 1. The van der Waals surface area contributed by atoms with Crippen molar-refractivity contribution in [2.45, 2.75) is 52.0 Å². The number of ether oxygens (including phenoxy) is 1. The van der Waals surface area contributed by atoms with Crippen LogP contribution in [-0.4, -0.2) is 24.0 Å². The number of carbonyl (C=O) groups excluding carboxylic acids is 1. The maximum absolute atomic E-state index is 12.1. The van der Waals surface area contributed by atoms with Crippen LogP contribution in [0.15, 0.2) is 18.2 Å². The van der Waals surface area contributed by atoms with Gasteiger partial charge in [0.05, 0.1) is 12.0 Å². The van der Waals surface area contributed by atoms with Crippen LogP contribution in [0.1, 0.15) is 56.3 Å². The van der Waals surface area contributed by atoms with Gasteiger partial charge in [0, 0.05) is 17.7 Å². The normalized spacial score (nSPS) is 11.8. The molecule has 0 fully saturated rings. The smallest absolute Gasteiger partial charge is 0.311 e. The van der Waals surface area contributed by atoms with Crippen LogP contribution < -0.4 is 10.1 Å². The van der Waals surface area contributed by atoms with Gasteiger partial charge in [-0.2, -0.15) is 0 Å². The van der Waals surface area contributed by atoms with E-state index in [9.17, 15) is 14.9 Å². The Labute approximate surface area is 131 Å². The van der Waals surface area contributed by atoms with E-state index in [1.807, 2.05) is 6.92 Å². The number of unbranched alkanes of at least 4 members (excludes halogenated alkanes) is 3. The second-order valence-corrected chi connectivity index (χ2v) is 5.37. The van der Waals surface area contributed by atoms with Crippen LogP contribution in [0.4, 0.5) is 5.69 Å². The molecule has 0 aliphatic heterocycles. The lowest BCUT2D eigenvalue weighted by Gasteiger charge is -2.14. The SMILES string of the molecule is CCCCCC[C@H](C)NC(=O)c1ccc(OC)c([N+](=O)[O-])c1. The number of nitro benzene ring substituents is 1. The monoisotopic (exact) mass is 308 g/mol. The van der Waals surface area contributed by atoms with Crippen molar-refractivity contribution in [3.05, 3.63) is 33.9 Å². The highest BCUT2D eigenvalue weighted by atomic mass is 16.6. The summed E-state index contributed by atoms with van der Waals surface area (Å²) >= 11 is 0. The Bertz CT molecular complexity index is 517. The highest BCUT2D eigenvalue weighted by Gasteiger charge is 2.18. The Morgan fingerprint density at radius 2 is 2.09 bits per heavy atom. The van der Waals surface area contributed by atoms with Crippen molar-refractivity contribution in [1.82, 2.24) is 5.32 Å². The van der Waals surface area contributed by atoms with Gasteiger partial charge in [0.25, 0.3) is 5.91 Å². The lowest BCUT2D eigenvalue weighted by Crippen LogP contribution is -2.32. The fourth-order valence-corrected chi connectivity index (χ4v) is 2.23. The Morgan fingerprint density at radius 3 is 2.68 bits per heavy atom. The van der Waals surface area contributed by atoms with Gasteiger partial charge >= 0.3 is 5.69 Å². The molecule has 0 aliphatic rings. The first kappa shape index (κ1) is 17.9. The van der Waals surface area contributed by atoms with Gasteiger partial charge in [-0.25, -0.2) is 0 Å². The predicted molar refractivity (Wildman–Crippen MR) is 85.3 cm³/mol. The van der Waals surface area contributed by atoms with Gasteiger partial charge in [-0.05, 0) is 25.5 Å². The lowest BCUT2D eigenvalue weighted by molar-refractivity contribution is -0.385. The minimum atomic E-state index is -0.552. The molecule has 1 aromatic rings. The fraction of sp³-hybridized carbons (Fsp3) is 0.562. The largest absolute Gasteiger partial charge is 0.490 e. The molecule has 0 radical (unpaired) electrons. The maximum atomic E-state index is 12.1. The van der Waals surface area contributed by atoms with E-state index in [0.29, 0.717) is 0 Å². The molecule has 0 saturated heterocycles. The molecule has 1 N–H and O–H groups in total. The number of nitrogens with one attached hydrogen (secondary N) is 1. The number of rotatable bonds is 9. The zero-order valence-corrected chi connectivity index (χ0v) is 13.4. The molecule has 0 saturated carbocycles. The molecule has 0 aromatic heterocycles. The summed E-state index contributed by atoms with van der Waals surface area (Å²) in [5.74, 6) is -0.150. The lowest BCUT2D eigenvalue weighted by atomic mass is 10.1. The Morgan fingerprint density at radius 1 is 1.36 bits per heavy atom. The van der Waals surface area contributed by atoms with Crippen LogP contribution in [-0.2, 0) is 0 Å². The molecule has 0 bridgehead atoms. The zero-order chi connectivity index (χ0) is 16.5. The Kier molecular flexibility index (Phi) is 7.36. The van der Waals surface area contributed by atoms with Gasteiger partial charge in [-0.1, -0.05) is 32.6 Å². The van der Waals surface area contributed by atoms with E-state index in [4.69, 9.17) is 4.74 Å². The van der Waals surface area contributed by atoms with Crippen LogP contribution in [0.2, 0.25) is 0 Å². The van der Waals surface area contributed by atoms with Gasteiger partial charge < -0.3 is 10.1 Å². The molecule has 122 valence electrons. The van der Waals surface area contributed by atoms with Crippen molar-refractivity contribution in [3.8, 4) is 5.75 Å². The average Bonchev–Trinajstić information content (AvgIpc) is 2.50. The molecule has 0 unspecified atom stereocenters. The zero-order valence-electron chi connectivity index (χ0n) is 13.4. The second-order valence-electron chi connectivity index (χ2n) is 5.37. The number of benzene rings is 1. The van der Waals surface area contributed by atoms with Crippen molar-refractivity contribution in [1.29, 1.82) is 0 Å². The Hall–Kier alpha value is -2.11. The third-order valence-corrected chi connectivity index (χ3v) is 3.51. The molecular weight excluding hydrogens is 284 g/mol. The van der Waals surface area contributed by atoms with E-state index in [2.05, 4.69) is 12.2 Å². The standard InChI is InChI=1S/C16H24N2O4/c1-4-5-6-7-8-12(2)17-16(19)13-9-10-15(22-3)14(11-13)18(20)21/h9-12H,4-8H2,1-3H3,(H,17,19)/t12-/m0/s1. The van der Waals surface area contributed by atoms with Crippen LogP contribution >= 0.6 is 0 Å². The van der Waals surface area contributed by atoms with Gasteiger partial charge in [-0.3, -0.25) is 14.9 Å². The molecule has 1 aromatic carbocycles. The summed E-state index contributed by atoms with van der Waals surface area (Å²) in [5, 5.41) is 13.8. The first-order chi connectivity index (χ1) is 10.5. The number of carbonyl (C=O) groups is 1. The van der Waals surface area contributed by atoms with Crippen molar-refractivity contribution in [3.63, 3.8) is 0 Å². The van der Waals surface area contributed by atoms with E-state index in [1.165, 1.54) is 38.2 Å². The third kappa shape index (κ3) is 5.35. The van der Waals surface area contributed by atoms with E-state index in [0.717, 1.165) is 19.3 Å². The molecule has 6 nitrogen and oxygen atoms in total. The molecule has 0 heterocycles. The van der Waals surface area contributed by atoms with Crippen LogP contribution in [0.25, 0.3) is 0 Å². The number of hydrogen-bond acceptors (Lipinski definition) is 4. The van der Waals surface area contributed by atoms with E-state index in [-0.39, 0.29) is 28.9 Å². The van der Waals surface area contributed by atoms with Crippen molar-refractivity contribution >= 4 is 11.6 Å². The first-order valence-corrected chi connectivity index (χ1v) is 7.62. The summed E-state index contributed by atoms with van der Waals surface area (Å²) in [6.07, 6.45) is 5.51. The minimum Gasteiger partial charge on any atom is -0.490 e. The van der Waals surface area contributed by atoms with Crippen molar-refractivity contribution in [2.75, 3.05) is 7.11 Å². The first-order valence-electron chi connectivity index (χ1n) is 7.62. The van der Waals surface area contributed by atoms with Crippen LogP contribution in [0, 0.1) is 10.1 Å². The van der Waals surface area contributed by atoms with Gasteiger partial charge in [0.2, 0.25) is 0 Å². The second kappa shape index (κ2) is 9.02. The topological polar surface area (TPSA) is 81.5 Å². The predicted octanol–water partition coefficient (Wildman–Crippen LogP) is 3.69. The molecule has 1 atom stereocenters. The summed E-state index contributed by atoms with van der Waals surface area (Å²) in [6, 6.07) is 4.27. The van der Waals surface area contributed by atoms with Crippen molar-refractivity contribution in [2.24, 2.45) is 0 Å². The summed E-state index contributed by atoms with van der Waals surface area (Å²) in [5.41, 5.74) is 0.0682. The Balaban J connectivity index is 2.65. The molecule has 1 rings (SSSR count). The summed E-state index contributed by atoms with van der Waals surface area (Å²) in [7, 11) is 1.36. The highest BCUT2D eigenvalue weighted by Crippen LogP contribution is 2.27. The summed E-state index contributed by atoms with van der Waals surface area (Å²) in [4.78, 5) is 22.6. The number of methoxy groups -OCH3 is 1. The number of hydrogen-bond donors (Lipinski definition) is 1. The van der Waals surface area contributed by atoms with Crippen LogP contribution in [0.3, 0.4) is 0 Å². The van der Waals surface area contributed by atoms with Gasteiger partial charge in [0.1, 0.15) is 0 Å².